The Morgan fingerprint density at radius 1 is 1.43 bits per heavy atom. The number of fused-ring (bicyclic) bond motifs is 3. The van der Waals surface area contributed by atoms with Crippen LogP contribution in [0.5, 0.6) is 0 Å². The smallest absolute Gasteiger partial charge is 0.307 e. The van der Waals surface area contributed by atoms with Crippen molar-refractivity contribution < 1.29 is 14.3 Å². The van der Waals surface area contributed by atoms with E-state index in [2.05, 4.69) is 17.4 Å². The molecule has 21 heavy (non-hydrogen) atoms. The molecule has 0 saturated carbocycles. The summed E-state index contributed by atoms with van der Waals surface area (Å²) < 4.78 is 4.94. The number of carbonyl (C=O) groups excluding carboxylic acids is 2. The van der Waals surface area contributed by atoms with Crippen LogP contribution in [0.2, 0.25) is 0 Å². The molecule has 1 amide bonds. The zero-order valence-electron chi connectivity index (χ0n) is 12.2. The van der Waals surface area contributed by atoms with Gasteiger partial charge in [0.05, 0.1) is 25.1 Å². The van der Waals surface area contributed by atoms with Gasteiger partial charge < -0.3 is 15.0 Å². The standard InChI is InChI=1S/C16H20N2O3/c1-2-21-15(19)9-13-16(20)18-8-7-11-5-3-4-6-12(11)14(18)10-17-13/h3-6,13-14,17H,2,7-10H2,1H3/t13-,14-/m0/s1. The molecule has 0 aliphatic carbocycles. The number of carbonyl (C=O) groups is 2. The van der Waals surface area contributed by atoms with Crippen LogP contribution in [0.4, 0.5) is 0 Å². The molecule has 5 heteroatoms. The Kier molecular flexibility index (Phi) is 3.92. The molecule has 5 nitrogen and oxygen atoms in total. The van der Waals surface area contributed by atoms with Gasteiger partial charge in [-0.3, -0.25) is 9.59 Å². The molecule has 3 rings (SSSR count). The first kappa shape index (κ1) is 14.1. The van der Waals surface area contributed by atoms with Gasteiger partial charge in [0.2, 0.25) is 5.91 Å². The SMILES string of the molecule is CCOC(=O)C[C@@H]1NC[C@H]2c3ccccc3CCN2C1=O. The maximum atomic E-state index is 12.6. The van der Waals surface area contributed by atoms with Crippen LogP contribution in [-0.2, 0) is 20.7 Å². The molecule has 0 aromatic heterocycles. The summed E-state index contributed by atoms with van der Waals surface area (Å²) in [6, 6.07) is 7.90. The van der Waals surface area contributed by atoms with E-state index in [1.165, 1.54) is 11.1 Å². The van der Waals surface area contributed by atoms with E-state index in [0.29, 0.717) is 13.2 Å². The number of benzene rings is 1. The highest BCUT2D eigenvalue weighted by atomic mass is 16.5. The maximum Gasteiger partial charge on any atom is 0.307 e. The van der Waals surface area contributed by atoms with E-state index in [-0.39, 0.29) is 24.3 Å². The quantitative estimate of drug-likeness (QED) is 0.844. The number of ether oxygens (including phenoxy) is 1. The van der Waals surface area contributed by atoms with Crippen LogP contribution in [0.1, 0.15) is 30.5 Å². The zero-order chi connectivity index (χ0) is 14.8. The second-order valence-electron chi connectivity index (χ2n) is 5.47. The van der Waals surface area contributed by atoms with Gasteiger partial charge in [0.25, 0.3) is 0 Å². The van der Waals surface area contributed by atoms with E-state index in [9.17, 15) is 9.59 Å². The molecular weight excluding hydrogens is 268 g/mol. The average Bonchev–Trinajstić information content (AvgIpc) is 2.50. The number of nitrogens with zero attached hydrogens (tertiary/aromatic N) is 1. The van der Waals surface area contributed by atoms with Crippen LogP contribution in [-0.4, -0.2) is 42.5 Å². The van der Waals surface area contributed by atoms with Crippen molar-refractivity contribution in [3.8, 4) is 0 Å². The number of esters is 1. The second-order valence-corrected chi connectivity index (χ2v) is 5.47. The molecule has 1 aromatic carbocycles. The van der Waals surface area contributed by atoms with Gasteiger partial charge in [0, 0.05) is 13.1 Å². The van der Waals surface area contributed by atoms with Gasteiger partial charge >= 0.3 is 5.97 Å². The van der Waals surface area contributed by atoms with Gasteiger partial charge in [-0.05, 0) is 24.5 Å². The van der Waals surface area contributed by atoms with Crippen molar-refractivity contribution in [2.24, 2.45) is 0 Å². The van der Waals surface area contributed by atoms with Crippen molar-refractivity contribution in [3.05, 3.63) is 35.4 Å². The monoisotopic (exact) mass is 288 g/mol. The molecule has 2 aliphatic heterocycles. The number of nitrogens with one attached hydrogen (secondary N) is 1. The molecule has 2 aliphatic rings. The van der Waals surface area contributed by atoms with Gasteiger partial charge in [-0.1, -0.05) is 24.3 Å². The van der Waals surface area contributed by atoms with Crippen LogP contribution in [0.3, 0.4) is 0 Å². The summed E-state index contributed by atoms with van der Waals surface area (Å²) in [4.78, 5) is 26.1. The summed E-state index contributed by atoms with van der Waals surface area (Å²) in [6.07, 6.45) is 0.988. The van der Waals surface area contributed by atoms with E-state index in [4.69, 9.17) is 4.74 Å². The third-order valence-corrected chi connectivity index (χ3v) is 4.23. The third-order valence-electron chi connectivity index (χ3n) is 4.23. The summed E-state index contributed by atoms with van der Waals surface area (Å²) >= 11 is 0. The first-order valence-corrected chi connectivity index (χ1v) is 7.48. The van der Waals surface area contributed by atoms with Gasteiger partial charge in [0.15, 0.2) is 0 Å². The molecule has 1 saturated heterocycles. The Balaban J connectivity index is 1.74. The predicted octanol–water partition coefficient (Wildman–Crippen LogP) is 1.04. The summed E-state index contributed by atoms with van der Waals surface area (Å²) in [6.45, 7) is 3.53. The number of hydrogen-bond donors (Lipinski definition) is 1. The first-order chi connectivity index (χ1) is 10.2. The van der Waals surface area contributed by atoms with Crippen LogP contribution in [0.25, 0.3) is 0 Å². The summed E-state index contributed by atoms with van der Waals surface area (Å²) in [5, 5.41) is 3.21. The number of amides is 1. The molecule has 0 unspecified atom stereocenters. The average molecular weight is 288 g/mol. The van der Waals surface area contributed by atoms with E-state index in [0.717, 1.165) is 13.0 Å². The Morgan fingerprint density at radius 3 is 3.05 bits per heavy atom. The lowest BCUT2D eigenvalue weighted by atomic mass is 9.90. The molecule has 1 aromatic rings. The predicted molar refractivity (Wildman–Crippen MR) is 77.6 cm³/mol. The van der Waals surface area contributed by atoms with E-state index < -0.39 is 6.04 Å². The minimum atomic E-state index is -0.453. The van der Waals surface area contributed by atoms with Crippen molar-refractivity contribution in [2.45, 2.75) is 31.8 Å². The fourth-order valence-corrected chi connectivity index (χ4v) is 3.22. The highest BCUT2D eigenvalue weighted by Crippen LogP contribution is 2.32. The number of piperazine rings is 1. The van der Waals surface area contributed by atoms with Crippen molar-refractivity contribution in [1.82, 2.24) is 10.2 Å². The van der Waals surface area contributed by atoms with Crippen molar-refractivity contribution in [3.63, 3.8) is 0 Å². The van der Waals surface area contributed by atoms with Crippen LogP contribution in [0.15, 0.2) is 24.3 Å². The molecule has 0 bridgehead atoms. The molecule has 1 fully saturated rings. The number of hydrogen-bond acceptors (Lipinski definition) is 4. The Hall–Kier alpha value is -1.88. The van der Waals surface area contributed by atoms with Gasteiger partial charge in [0.1, 0.15) is 0 Å². The van der Waals surface area contributed by atoms with Crippen LogP contribution >= 0.6 is 0 Å². The Labute approximate surface area is 124 Å². The molecule has 2 heterocycles. The number of rotatable bonds is 3. The van der Waals surface area contributed by atoms with E-state index >= 15 is 0 Å². The molecule has 0 radical (unpaired) electrons. The minimum Gasteiger partial charge on any atom is -0.466 e. The maximum absolute atomic E-state index is 12.6. The van der Waals surface area contributed by atoms with Gasteiger partial charge in [-0.25, -0.2) is 0 Å². The summed E-state index contributed by atoms with van der Waals surface area (Å²) in [5.41, 5.74) is 2.54. The van der Waals surface area contributed by atoms with E-state index in [1.54, 1.807) is 6.92 Å². The minimum absolute atomic E-state index is 0.00815. The molecule has 1 N–H and O–H groups in total. The second kappa shape index (κ2) is 5.85. The summed E-state index contributed by atoms with van der Waals surface area (Å²) in [7, 11) is 0. The van der Waals surface area contributed by atoms with Crippen LogP contribution in [0, 0.1) is 0 Å². The van der Waals surface area contributed by atoms with E-state index in [1.807, 2.05) is 17.0 Å². The Bertz CT molecular complexity index is 558. The lowest BCUT2D eigenvalue weighted by molar-refractivity contribution is -0.149. The van der Waals surface area contributed by atoms with Crippen molar-refractivity contribution >= 4 is 11.9 Å². The van der Waals surface area contributed by atoms with Gasteiger partial charge in [-0.15, -0.1) is 0 Å². The summed E-state index contributed by atoms with van der Waals surface area (Å²) in [5.74, 6) is -0.312. The zero-order valence-corrected chi connectivity index (χ0v) is 12.2. The molecular formula is C16H20N2O3. The van der Waals surface area contributed by atoms with Crippen molar-refractivity contribution in [2.75, 3.05) is 19.7 Å². The molecule has 0 spiro atoms. The third kappa shape index (κ3) is 2.65. The lowest BCUT2D eigenvalue weighted by Gasteiger charge is -2.43. The Morgan fingerprint density at radius 2 is 2.24 bits per heavy atom. The lowest BCUT2D eigenvalue weighted by Crippen LogP contribution is -2.58. The molecule has 112 valence electrons. The fourth-order valence-electron chi connectivity index (χ4n) is 3.22. The fraction of sp³-hybridized carbons (Fsp3) is 0.500. The van der Waals surface area contributed by atoms with Crippen molar-refractivity contribution in [1.29, 1.82) is 0 Å². The largest absolute Gasteiger partial charge is 0.466 e. The highest BCUT2D eigenvalue weighted by Gasteiger charge is 2.39. The molecule has 2 atom stereocenters. The normalized spacial score (nSPS) is 24.2. The van der Waals surface area contributed by atoms with Gasteiger partial charge in [-0.2, -0.15) is 0 Å². The van der Waals surface area contributed by atoms with Crippen LogP contribution < -0.4 is 5.32 Å². The topological polar surface area (TPSA) is 58.6 Å². The highest BCUT2D eigenvalue weighted by molar-refractivity contribution is 5.88. The first-order valence-electron chi connectivity index (χ1n) is 7.48.